The van der Waals surface area contributed by atoms with Crippen molar-refractivity contribution in [3.05, 3.63) is 36.4 Å². The monoisotopic (exact) mass is 237 g/mol. The minimum atomic E-state index is -0.280. The van der Waals surface area contributed by atoms with E-state index >= 15 is 0 Å². The summed E-state index contributed by atoms with van der Waals surface area (Å²) in [5.74, 6) is 0.357. The molecular weight excluding hydrogens is 221 g/mol. The van der Waals surface area contributed by atoms with Crippen LogP contribution in [0.25, 0.3) is 0 Å². The molecule has 1 aliphatic heterocycles. The highest BCUT2D eigenvalue weighted by atomic mass is 19.1. The lowest BCUT2D eigenvalue weighted by Crippen LogP contribution is -2.23. The van der Waals surface area contributed by atoms with Gasteiger partial charge >= 0.3 is 0 Å². The number of allylic oxidation sites excluding steroid dienone is 1. The second kappa shape index (κ2) is 5.57. The van der Waals surface area contributed by atoms with Crippen molar-refractivity contribution in [2.24, 2.45) is 0 Å². The van der Waals surface area contributed by atoms with E-state index in [1.807, 2.05) is 6.08 Å². The fraction of sp³-hybridized carbons (Fsp3) is 0.385. The molecule has 0 fully saturated rings. The van der Waals surface area contributed by atoms with Gasteiger partial charge in [-0.05, 0) is 31.1 Å². The number of hydrogen-bond acceptors (Lipinski definition) is 3. The fourth-order valence-corrected chi connectivity index (χ4v) is 1.73. The molecule has 4 heteroatoms. The molecule has 1 aromatic carbocycles. The van der Waals surface area contributed by atoms with Crippen LogP contribution in [0, 0.1) is 5.82 Å². The lowest BCUT2D eigenvalue weighted by molar-refractivity contribution is 0.135. The Balaban J connectivity index is 1.95. The Morgan fingerprint density at radius 2 is 2.41 bits per heavy atom. The maximum Gasteiger partial charge on any atom is 0.146 e. The Labute approximate surface area is 100 Å². The topological polar surface area (TPSA) is 30.5 Å². The van der Waals surface area contributed by atoms with Gasteiger partial charge in [0.2, 0.25) is 0 Å². The second-order valence-corrected chi connectivity index (χ2v) is 3.93. The summed E-state index contributed by atoms with van der Waals surface area (Å²) in [4.78, 5) is 0. The maximum atomic E-state index is 13.5. The molecule has 1 atom stereocenters. The van der Waals surface area contributed by atoms with Crippen LogP contribution in [-0.4, -0.2) is 19.8 Å². The maximum absolute atomic E-state index is 13.5. The van der Waals surface area contributed by atoms with E-state index in [9.17, 15) is 4.39 Å². The summed E-state index contributed by atoms with van der Waals surface area (Å²) in [6.07, 6.45) is 5.76. The van der Waals surface area contributed by atoms with Gasteiger partial charge in [0.05, 0.1) is 25.6 Å². The number of halogens is 1. The summed E-state index contributed by atoms with van der Waals surface area (Å²) in [7, 11) is 1.56. The van der Waals surface area contributed by atoms with Crippen LogP contribution in [0.15, 0.2) is 30.5 Å². The minimum absolute atomic E-state index is 0.102. The van der Waals surface area contributed by atoms with E-state index in [1.165, 1.54) is 6.07 Å². The molecule has 1 aromatic rings. The molecule has 2 rings (SSSR count). The Bertz CT molecular complexity index is 406. The van der Waals surface area contributed by atoms with Gasteiger partial charge in [0.1, 0.15) is 17.7 Å². The molecule has 0 aromatic heterocycles. The lowest BCUT2D eigenvalue weighted by atomic mass is 10.1. The molecule has 1 N–H and O–H groups in total. The molecule has 1 heterocycles. The molecular formula is C13H16FNO2. The zero-order valence-electron chi connectivity index (χ0n) is 9.78. The number of hydrogen-bond donors (Lipinski definition) is 1. The predicted octanol–water partition coefficient (Wildman–Crippen LogP) is 2.94. The van der Waals surface area contributed by atoms with E-state index in [0.717, 1.165) is 12.8 Å². The summed E-state index contributed by atoms with van der Waals surface area (Å²) in [5.41, 5.74) is 0.447. The predicted molar refractivity (Wildman–Crippen MR) is 64.7 cm³/mol. The largest absolute Gasteiger partial charge is 0.497 e. The highest BCUT2D eigenvalue weighted by Gasteiger charge is 2.12. The molecule has 0 saturated heterocycles. The number of methoxy groups -OCH3 is 1. The average Bonchev–Trinajstić information content (AvgIpc) is 2.39. The van der Waals surface area contributed by atoms with Gasteiger partial charge in [-0.2, -0.15) is 0 Å². The highest BCUT2D eigenvalue weighted by Crippen LogP contribution is 2.21. The van der Waals surface area contributed by atoms with Crippen LogP contribution < -0.4 is 10.1 Å². The summed E-state index contributed by atoms with van der Waals surface area (Å²) < 4.78 is 23.9. The number of nitrogens with one attached hydrogen (secondary N) is 1. The summed E-state index contributed by atoms with van der Waals surface area (Å²) in [5, 5.41) is 3.04. The van der Waals surface area contributed by atoms with Gasteiger partial charge < -0.3 is 14.8 Å². The first-order valence-corrected chi connectivity index (χ1v) is 5.67. The summed E-state index contributed by atoms with van der Waals surface area (Å²) in [6.45, 7) is 0.592. The number of ether oxygens (including phenoxy) is 2. The van der Waals surface area contributed by atoms with Gasteiger partial charge in [-0.25, -0.2) is 4.39 Å². The SMILES string of the molecule is COc1ccc(F)c(NCC2CCC=CO2)c1. The third-order valence-electron chi connectivity index (χ3n) is 2.72. The zero-order valence-corrected chi connectivity index (χ0v) is 9.78. The highest BCUT2D eigenvalue weighted by molar-refractivity contribution is 5.49. The quantitative estimate of drug-likeness (QED) is 0.873. The molecule has 0 radical (unpaired) electrons. The van der Waals surface area contributed by atoms with Gasteiger partial charge in [-0.3, -0.25) is 0 Å². The van der Waals surface area contributed by atoms with E-state index in [2.05, 4.69) is 5.32 Å². The zero-order chi connectivity index (χ0) is 12.1. The van der Waals surface area contributed by atoms with E-state index in [0.29, 0.717) is 18.0 Å². The molecule has 0 aliphatic carbocycles. The van der Waals surface area contributed by atoms with Gasteiger partial charge in [-0.15, -0.1) is 0 Å². The van der Waals surface area contributed by atoms with E-state index in [4.69, 9.17) is 9.47 Å². The van der Waals surface area contributed by atoms with Crippen molar-refractivity contribution in [1.82, 2.24) is 0 Å². The fourth-order valence-electron chi connectivity index (χ4n) is 1.73. The molecule has 92 valence electrons. The normalized spacial score (nSPS) is 18.6. The van der Waals surface area contributed by atoms with Crippen LogP contribution in [-0.2, 0) is 4.74 Å². The first-order chi connectivity index (χ1) is 8.29. The van der Waals surface area contributed by atoms with Gasteiger partial charge in [-0.1, -0.05) is 0 Å². The first-order valence-electron chi connectivity index (χ1n) is 5.67. The molecule has 0 saturated carbocycles. The number of benzene rings is 1. The van der Waals surface area contributed by atoms with Crippen molar-refractivity contribution in [1.29, 1.82) is 0 Å². The van der Waals surface area contributed by atoms with Crippen molar-refractivity contribution in [3.63, 3.8) is 0 Å². The summed E-state index contributed by atoms with van der Waals surface area (Å²) in [6, 6.07) is 4.64. The summed E-state index contributed by atoms with van der Waals surface area (Å²) >= 11 is 0. The van der Waals surface area contributed by atoms with Crippen molar-refractivity contribution in [3.8, 4) is 5.75 Å². The van der Waals surface area contributed by atoms with Gasteiger partial charge in [0, 0.05) is 6.07 Å². The molecule has 17 heavy (non-hydrogen) atoms. The Morgan fingerprint density at radius 3 is 3.12 bits per heavy atom. The van der Waals surface area contributed by atoms with Crippen LogP contribution in [0.2, 0.25) is 0 Å². The van der Waals surface area contributed by atoms with Crippen molar-refractivity contribution in [2.45, 2.75) is 18.9 Å². The van der Waals surface area contributed by atoms with Crippen LogP contribution in [0.3, 0.4) is 0 Å². The minimum Gasteiger partial charge on any atom is -0.497 e. The second-order valence-electron chi connectivity index (χ2n) is 3.93. The third-order valence-corrected chi connectivity index (χ3v) is 2.72. The van der Waals surface area contributed by atoms with Crippen molar-refractivity contribution in [2.75, 3.05) is 19.0 Å². The van der Waals surface area contributed by atoms with E-state index in [1.54, 1.807) is 25.5 Å². The third kappa shape index (κ3) is 3.12. The number of anilines is 1. The van der Waals surface area contributed by atoms with Gasteiger partial charge in [0.25, 0.3) is 0 Å². The molecule has 1 unspecified atom stereocenters. The first kappa shape index (κ1) is 11.8. The van der Waals surface area contributed by atoms with Crippen molar-refractivity contribution >= 4 is 5.69 Å². The smallest absolute Gasteiger partial charge is 0.146 e. The molecule has 0 amide bonds. The molecule has 0 bridgehead atoms. The van der Waals surface area contributed by atoms with Crippen LogP contribution >= 0.6 is 0 Å². The van der Waals surface area contributed by atoms with Crippen LogP contribution in [0.5, 0.6) is 5.75 Å². The van der Waals surface area contributed by atoms with E-state index < -0.39 is 0 Å². The Kier molecular flexibility index (Phi) is 3.85. The number of rotatable bonds is 4. The average molecular weight is 237 g/mol. The van der Waals surface area contributed by atoms with Crippen LogP contribution in [0.4, 0.5) is 10.1 Å². The van der Waals surface area contributed by atoms with E-state index in [-0.39, 0.29) is 11.9 Å². The molecule has 1 aliphatic rings. The molecule has 3 nitrogen and oxygen atoms in total. The lowest BCUT2D eigenvalue weighted by Gasteiger charge is -2.20. The van der Waals surface area contributed by atoms with Crippen LogP contribution in [0.1, 0.15) is 12.8 Å². The van der Waals surface area contributed by atoms with Gasteiger partial charge in [0.15, 0.2) is 0 Å². The Hall–Kier alpha value is -1.71. The standard InChI is InChI=1S/C13H16FNO2/c1-16-10-5-6-12(14)13(8-10)15-9-11-4-2-3-7-17-11/h3,5-8,11,15H,2,4,9H2,1H3. The Morgan fingerprint density at radius 1 is 1.53 bits per heavy atom. The van der Waals surface area contributed by atoms with Crippen molar-refractivity contribution < 1.29 is 13.9 Å². The molecule has 0 spiro atoms.